The molecule has 0 aliphatic rings. The molecule has 1 aromatic rings. The third-order valence-corrected chi connectivity index (χ3v) is 2.34. The van der Waals surface area contributed by atoms with Crippen molar-refractivity contribution in [3.8, 4) is 0 Å². The molecule has 0 saturated carbocycles. The number of hydrogen-bond donors (Lipinski definition) is 2. The zero-order chi connectivity index (χ0) is 11.1. The molecule has 0 unspecified atom stereocenters. The van der Waals surface area contributed by atoms with E-state index in [1.54, 1.807) is 0 Å². The molecule has 4 nitrogen and oxygen atoms in total. The summed E-state index contributed by atoms with van der Waals surface area (Å²) in [6.45, 7) is 1.53. The summed E-state index contributed by atoms with van der Waals surface area (Å²) in [4.78, 5) is 0. The summed E-state index contributed by atoms with van der Waals surface area (Å²) in [6, 6.07) is 9.88. The summed E-state index contributed by atoms with van der Waals surface area (Å²) in [5.74, 6) is 0.815. The van der Waals surface area contributed by atoms with Crippen molar-refractivity contribution < 1.29 is 0 Å². The standard InChI is InChI=1S/C10H12N4S/c1-8(11)13-14-10(12)15-7-9-5-3-2-4-6-9/h2-6,11-12H,7H2,1H3/b11-8?,12-10?,14-13-. The number of hydrogen-bond acceptors (Lipinski definition) is 3. The van der Waals surface area contributed by atoms with E-state index < -0.39 is 0 Å². The van der Waals surface area contributed by atoms with Crippen LogP contribution in [0.15, 0.2) is 40.6 Å². The average Bonchev–Trinajstić information content (AvgIpc) is 2.25. The van der Waals surface area contributed by atoms with E-state index in [4.69, 9.17) is 10.8 Å². The van der Waals surface area contributed by atoms with Gasteiger partial charge >= 0.3 is 0 Å². The zero-order valence-corrected chi connectivity index (χ0v) is 9.21. The van der Waals surface area contributed by atoms with Crippen LogP contribution in [-0.4, -0.2) is 11.0 Å². The van der Waals surface area contributed by atoms with Crippen molar-refractivity contribution in [1.82, 2.24) is 0 Å². The predicted molar refractivity (Wildman–Crippen MR) is 63.7 cm³/mol. The maximum atomic E-state index is 7.44. The fourth-order valence-corrected chi connectivity index (χ4v) is 1.47. The summed E-state index contributed by atoms with van der Waals surface area (Å²) in [7, 11) is 0. The fraction of sp³-hybridized carbons (Fsp3) is 0.200. The maximum Gasteiger partial charge on any atom is 0.202 e. The minimum atomic E-state index is 0.111. The molecule has 0 fully saturated rings. The van der Waals surface area contributed by atoms with Crippen LogP contribution >= 0.6 is 11.8 Å². The van der Waals surface area contributed by atoms with Crippen molar-refractivity contribution in [2.45, 2.75) is 12.7 Å². The van der Waals surface area contributed by atoms with Crippen LogP contribution in [0.4, 0.5) is 0 Å². The Balaban J connectivity index is 2.38. The minimum Gasteiger partial charge on any atom is -0.285 e. The minimum absolute atomic E-state index is 0.111. The van der Waals surface area contributed by atoms with Gasteiger partial charge in [-0.1, -0.05) is 42.1 Å². The second-order valence-corrected chi connectivity index (χ2v) is 3.83. The van der Waals surface area contributed by atoms with Crippen LogP contribution in [0, 0.1) is 10.8 Å². The molecule has 0 aromatic heterocycles. The van der Waals surface area contributed by atoms with Gasteiger partial charge in [-0.05, 0) is 12.5 Å². The van der Waals surface area contributed by atoms with E-state index in [-0.39, 0.29) is 11.0 Å². The molecule has 0 bridgehead atoms. The van der Waals surface area contributed by atoms with E-state index in [0.717, 1.165) is 5.56 Å². The second-order valence-electron chi connectivity index (χ2n) is 2.86. The fourth-order valence-electron chi connectivity index (χ4n) is 0.875. The monoisotopic (exact) mass is 220 g/mol. The average molecular weight is 220 g/mol. The van der Waals surface area contributed by atoms with E-state index in [0.29, 0.717) is 5.75 Å². The number of azo groups is 1. The Morgan fingerprint density at radius 1 is 1.20 bits per heavy atom. The number of nitrogens with one attached hydrogen (secondary N) is 2. The molecule has 0 atom stereocenters. The molecular weight excluding hydrogens is 208 g/mol. The lowest BCUT2D eigenvalue weighted by molar-refractivity contribution is 1.26. The first-order valence-electron chi connectivity index (χ1n) is 4.40. The number of nitrogens with zero attached hydrogens (tertiary/aromatic N) is 2. The van der Waals surface area contributed by atoms with Crippen molar-refractivity contribution in [1.29, 1.82) is 10.8 Å². The normalized spacial score (nSPS) is 10.5. The smallest absolute Gasteiger partial charge is 0.202 e. The third-order valence-electron chi connectivity index (χ3n) is 1.51. The number of amidine groups is 2. The highest BCUT2D eigenvalue weighted by Crippen LogP contribution is 2.13. The lowest BCUT2D eigenvalue weighted by Crippen LogP contribution is -1.88. The zero-order valence-electron chi connectivity index (χ0n) is 8.40. The van der Waals surface area contributed by atoms with Gasteiger partial charge in [0.25, 0.3) is 0 Å². The maximum absolute atomic E-state index is 7.44. The number of thioether (sulfide) groups is 1. The highest BCUT2D eigenvalue weighted by atomic mass is 32.2. The molecule has 0 saturated heterocycles. The topological polar surface area (TPSA) is 72.4 Å². The van der Waals surface area contributed by atoms with Gasteiger partial charge < -0.3 is 0 Å². The summed E-state index contributed by atoms with van der Waals surface area (Å²) < 4.78 is 0. The van der Waals surface area contributed by atoms with E-state index in [1.807, 2.05) is 30.3 Å². The quantitative estimate of drug-likeness (QED) is 0.448. The highest BCUT2D eigenvalue weighted by Gasteiger charge is 1.97. The summed E-state index contributed by atoms with van der Waals surface area (Å²) in [5.41, 5.74) is 1.15. The molecule has 0 aliphatic heterocycles. The Morgan fingerprint density at radius 2 is 1.87 bits per heavy atom. The van der Waals surface area contributed by atoms with Gasteiger partial charge in [0.1, 0.15) is 5.84 Å². The molecule has 2 N–H and O–H groups in total. The van der Waals surface area contributed by atoms with Crippen LogP contribution in [0.25, 0.3) is 0 Å². The van der Waals surface area contributed by atoms with Crippen LogP contribution in [0.3, 0.4) is 0 Å². The van der Waals surface area contributed by atoms with Crippen LogP contribution in [0.5, 0.6) is 0 Å². The van der Waals surface area contributed by atoms with Gasteiger partial charge in [0.05, 0.1) is 0 Å². The molecule has 1 rings (SSSR count). The van der Waals surface area contributed by atoms with Crippen LogP contribution in [0.2, 0.25) is 0 Å². The lowest BCUT2D eigenvalue weighted by atomic mass is 10.2. The van der Waals surface area contributed by atoms with Gasteiger partial charge in [0, 0.05) is 5.75 Å². The van der Waals surface area contributed by atoms with Crippen molar-refractivity contribution in [3.63, 3.8) is 0 Å². The van der Waals surface area contributed by atoms with E-state index in [9.17, 15) is 0 Å². The largest absolute Gasteiger partial charge is 0.285 e. The molecule has 0 heterocycles. The van der Waals surface area contributed by atoms with Gasteiger partial charge in [0.15, 0.2) is 0 Å². The molecule has 15 heavy (non-hydrogen) atoms. The van der Waals surface area contributed by atoms with Crippen LogP contribution in [0.1, 0.15) is 12.5 Å². The lowest BCUT2D eigenvalue weighted by Gasteiger charge is -1.97. The summed E-state index contributed by atoms with van der Waals surface area (Å²) >= 11 is 1.30. The molecule has 0 aliphatic carbocycles. The van der Waals surface area contributed by atoms with Crippen molar-refractivity contribution in [3.05, 3.63) is 35.9 Å². The van der Waals surface area contributed by atoms with E-state index in [1.165, 1.54) is 18.7 Å². The van der Waals surface area contributed by atoms with E-state index in [2.05, 4.69) is 10.2 Å². The molecule has 0 radical (unpaired) electrons. The second kappa shape index (κ2) is 6.08. The van der Waals surface area contributed by atoms with E-state index >= 15 is 0 Å². The van der Waals surface area contributed by atoms with Crippen LogP contribution < -0.4 is 0 Å². The van der Waals surface area contributed by atoms with Crippen molar-refractivity contribution in [2.24, 2.45) is 10.2 Å². The van der Waals surface area contributed by atoms with Gasteiger partial charge in [-0.2, -0.15) is 0 Å². The molecule has 1 aromatic carbocycles. The first-order valence-corrected chi connectivity index (χ1v) is 5.39. The summed E-state index contributed by atoms with van der Waals surface area (Å²) in [5, 5.41) is 21.7. The highest BCUT2D eigenvalue weighted by molar-refractivity contribution is 8.13. The Labute approximate surface area is 92.8 Å². The molecule has 5 heteroatoms. The molecule has 0 spiro atoms. The van der Waals surface area contributed by atoms with Gasteiger partial charge in [-0.15, -0.1) is 10.2 Å². The number of rotatable bonds is 2. The van der Waals surface area contributed by atoms with Crippen LogP contribution in [-0.2, 0) is 5.75 Å². The number of benzene rings is 1. The van der Waals surface area contributed by atoms with Gasteiger partial charge in [-0.25, -0.2) is 0 Å². The third kappa shape index (κ3) is 5.07. The Bertz CT molecular complexity index is 372. The molecule has 78 valence electrons. The molecular formula is C10H12N4S. The van der Waals surface area contributed by atoms with Crippen molar-refractivity contribution in [2.75, 3.05) is 0 Å². The Morgan fingerprint density at radius 3 is 2.47 bits per heavy atom. The Kier molecular flexibility index (Phi) is 4.70. The van der Waals surface area contributed by atoms with Gasteiger partial charge in [0.2, 0.25) is 5.17 Å². The van der Waals surface area contributed by atoms with Crippen molar-refractivity contribution >= 4 is 22.8 Å². The van der Waals surface area contributed by atoms with Gasteiger partial charge in [-0.3, -0.25) is 10.8 Å². The predicted octanol–water partition coefficient (Wildman–Crippen LogP) is 3.30. The SMILES string of the molecule is CC(=N)/N=N\C(=N)SCc1ccccc1. The first-order chi connectivity index (χ1) is 7.18. The summed E-state index contributed by atoms with van der Waals surface area (Å²) in [6.07, 6.45) is 0. The molecule has 0 amide bonds. The first kappa shape index (κ1) is 11.6. The Hall–Kier alpha value is -1.49.